The molecular formula is C16H21ClN4OS. The highest BCUT2D eigenvalue weighted by molar-refractivity contribution is 7.13. The molecule has 0 radical (unpaired) electrons. The molecule has 0 saturated carbocycles. The van der Waals surface area contributed by atoms with Gasteiger partial charge in [-0.25, -0.2) is 4.98 Å². The summed E-state index contributed by atoms with van der Waals surface area (Å²) in [6.45, 7) is 7.68. The molecule has 5 nitrogen and oxygen atoms in total. The van der Waals surface area contributed by atoms with Crippen molar-refractivity contribution in [3.8, 4) is 0 Å². The summed E-state index contributed by atoms with van der Waals surface area (Å²) in [5, 5.41) is 5.96. The summed E-state index contributed by atoms with van der Waals surface area (Å²) >= 11 is 7.27. The number of halogens is 1. The summed E-state index contributed by atoms with van der Waals surface area (Å²) in [4.78, 5) is 21.9. The molecule has 1 aliphatic rings. The van der Waals surface area contributed by atoms with Crippen molar-refractivity contribution in [1.82, 2.24) is 14.9 Å². The van der Waals surface area contributed by atoms with Crippen LogP contribution in [0.2, 0.25) is 5.02 Å². The second kappa shape index (κ2) is 7.03. The van der Waals surface area contributed by atoms with Crippen LogP contribution < -0.4 is 5.32 Å². The van der Waals surface area contributed by atoms with E-state index >= 15 is 0 Å². The van der Waals surface area contributed by atoms with Crippen LogP contribution in [0.3, 0.4) is 0 Å². The highest BCUT2D eigenvalue weighted by Gasteiger charge is 2.22. The quantitative estimate of drug-likeness (QED) is 0.878. The lowest BCUT2D eigenvalue weighted by atomic mass is 9.92. The Balaban J connectivity index is 1.58. The first-order chi connectivity index (χ1) is 11.0. The molecule has 2 aromatic rings. The van der Waals surface area contributed by atoms with Gasteiger partial charge in [-0.05, 0) is 24.3 Å². The third kappa shape index (κ3) is 4.34. The van der Waals surface area contributed by atoms with E-state index in [1.807, 2.05) is 5.38 Å². The zero-order chi connectivity index (χ0) is 16.4. The van der Waals surface area contributed by atoms with Crippen LogP contribution in [0.1, 0.15) is 36.5 Å². The molecule has 0 spiro atoms. The Bertz CT molecular complexity index is 673. The number of anilines is 1. The predicted octanol–water partition coefficient (Wildman–Crippen LogP) is 3.85. The van der Waals surface area contributed by atoms with E-state index in [0.717, 1.165) is 37.2 Å². The molecule has 2 atom stereocenters. The number of thiazole rings is 1. The van der Waals surface area contributed by atoms with Crippen LogP contribution >= 0.6 is 22.9 Å². The van der Waals surface area contributed by atoms with Gasteiger partial charge in [-0.2, -0.15) is 0 Å². The molecule has 7 heteroatoms. The second-order valence-corrected chi connectivity index (χ2v) is 7.76. The summed E-state index contributed by atoms with van der Waals surface area (Å²) in [6.07, 6.45) is 2.88. The maximum absolute atomic E-state index is 12.1. The number of carbonyl (C=O) groups is 1. The Labute approximate surface area is 145 Å². The predicted molar refractivity (Wildman–Crippen MR) is 94.1 cm³/mol. The zero-order valence-electron chi connectivity index (χ0n) is 13.3. The van der Waals surface area contributed by atoms with Crippen molar-refractivity contribution < 1.29 is 4.79 Å². The number of H-pyrrole nitrogens is 1. The van der Waals surface area contributed by atoms with Gasteiger partial charge in [-0.3, -0.25) is 15.0 Å². The molecule has 1 aliphatic heterocycles. The Morgan fingerprint density at radius 3 is 2.87 bits per heavy atom. The fraction of sp³-hybridized carbons (Fsp3) is 0.500. The molecule has 124 valence electrons. The minimum atomic E-state index is -0.224. The molecule has 1 amide bonds. The largest absolute Gasteiger partial charge is 0.356 e. The Kier molecular flexibility index (Phi) is 5.04. The maximum atomic E-state index is 12.1. The minimum absolute atomic E-state index is 0.224. The molecular weight excluding hydrogens is 332 g/mol. The second-order valence-electron chi connectivity index (χ2n) is 6.47. The summed E-state index contributed by atoms with van der Waals surface area (Å²) in [5.74, 6) is 1.24. The summed E-state index contributed by atoms with van der Waals surface area (Å²) in [7, 11) is 0. The van der Waals surface area contributed by atoms with Gasteiger partial charge >= 0.3 is 0 Å². The molecule has 1 saturated heterocycles. The van der Waals surface area contributed by atoms with Crippen molar-refractivity contribution in [2.75, 3.05) is 18.4 Å². The van der Waals surface area contributed by atoms with Crippen LogP contribution in [0.25, 0.3) is 0 Å². The summed E-state index contributed by atoms with van der Waals surface area (Å²) in [5.41, 5.74) is 1.45. The first-order valence-electron chi connectivity index (χ1n) is 7.81. The lowest BCUT2D eigenvalue weighted by Crippen LogP contribution is -2.38. The topological polar surface area (TPSA) is 61.0 Å². The summed E-state index contributed by atoms with van der Waals surface area (Å²) in [6, 6.07) is 1.60. The lowest BCUT2D eigenvalue weighted by molar-refractivity contribution is 0.102. The average Bonchev–Trinajstić information content (AvgIpc) is 3.07. The molecule has 2 N–H and O–H groups in total. The lowest BCUT2D eigenvalue weighted by Gasteiger charge is -2.34. The molecule has 3 rings (SSSR count). The number of nitrogens with zero attached hydrogens (tertiary/aromatic N) is 2. The van der Waals surface area contributed by atoms with Crippen molar-refractivity contribution in [3.05, 3.63) is 34.1 Å². The third-order valence-corrected chi connectivity index (χ3v) is 5.02. The van der Waals surface area contributed by atoms with Crippen LogP contribution in [-0.2, 0) is 6.54 Å². The number of amides is 1. The van der Waals surface area contributed by atoms with E-state index in [-0.39, 0.29) is 5.91 Å². The number of aromatic nitrogens is 2. The number of hydrogen-bond donors (Lipinski definition) is 2. The van der Waals surface area contributed by atoms with E-state index in [0.29, 0.717) is 15.8 Å². The van der Waals surface area contributed by atoms with E-state index in [1.54, 1.807) is 12.3 Å². The molecule has 2 unspecified atom stereocenters. The number of rotatable bonds is 4. The van der Waals surface area contributed by atoms with E-state index < -0.39 is 0 Å². The molecule has 0 bridgehead atoms. The maximum Gasteiger partial charge on any atom is 0.273 e. The van der Waals surface area contributed by atoms with Crippen molar-refractivity contribution in [2.45, 2.75) is 26.8 Å². The van der Waals surface area contributed by atoms with Gasteiger partial charge in [0.15, 0.2) is 5.13 Å². The number of likely N-dealkylation sites (tertiary alicyclic amines) is 1. The fourth-order valence-corrected chi connectivity index (χ4v) is 4.11. The Morgan fingerprint density at radius 2 is 2.22 bits per heavy atom. The Hall–Kier alpha value is -1.37. The first-order valence-corrected chi connectivity index (χ1v) is 9.07. The number of hydrogen-bond acceptors (Lipinski definition) is 4. The van der Waals surface area contributed by atoms with Gasteiger partial charge in [0.2, 0.25) is 0 Å². The minimum Gasteiger partial charge on any atom is -0.356 e. The molecule has 0 aliphatic carbocycles. The zero-order valence-corrected chi connectivity index (χ0v) is 14.9. The van der Waals surface area contributed by atoms with Crippen molar-refractivity contribution in [1.29, 1.82) is 0 Å². The molecule has 1 fully saturated rings. The van der Waals surface area contributed by atoms with Crippen molar-refractivity contribution >= 4 is 34.0 Å². The molecule has 3 heterocycles. The summed E-state index contributed by atoms with van der Waals surface area (Å²) < 4.78 is 0. The van der Waals surface area contributed by atoms with E-state index in [9.17, 15) is 4.79 Å². The number of piperidine rings is 1. The normalized spacial score (nSPS) is 22.2. The van der Waals surface area contributed by atoms with E-state index in [4.69, 9.17) is 11.6 Å². The van der Waals surface area contributed by atoms with Crippen LogP contribution in [0.5, 0.6) is 0 Å². The van der Waals surface area contributed by atoms with E-state index in [1.165, 1.54) is 17.8 Å². The Morgan fingerprint density at radius 1 is 1.48 bits per heavy atom. The highest BCUT2D eigenvalue weighted by Crippen LogP contribution is 2.24. The van der Waals surface area contributed by atoms with Gasteiger partial charge in [0.05, 0.1) is 10.7 Å². The SMILES string of the molecule is CC1CC(C)CN(Cc2csc(NC(=O)c3cc(Cl)c[nH]3)n2)C1. The van der Waals surface area contributed by atoms with Gasteiger partial charge in [-0.15, -0.1) is 11.3 Å². The monoisotopic (exact) mass is 352 g/mol. The van der Waals surface area contributed by atoms with Crippen LogP contribution in [0, 0.1) is 11.8 Å². The average molecular weight is 353 g/mol. The van der Waals surface area contributed by atoms with Crippen LogP contribution in [0.15, 0.2) is 17.6 Å². The third-order valence-electron chi connectivity index (χ3n) is 3.99. The van der Waals surface area contributed by atoms with Crippen LogP contribution in [-0.4, -0.2) is 33.9 Å². The smallest absolute Gasteiger partial charge is 0.273 e. The van der Waals surface area contributed by atoms with Crippen molar-refractivity contribution in [2.24, 2.45) is 11.8 Å². The van der Waals surface area contributed by atoms with Crippen molar-refractivity contribution in [3.63, 3.8) is 0 Å². The van der Waals surface area contributed by atoms with Gasteiger partial charge in [-0.1, -0.05) is 25.4 Å². The van der Waals surface area contributed by atoms with Crippen LogP contribution in [0.4, 0.5) is 5.13 Å². The number of nitrogens with one attached hydrogen (secondary N) is 2. The van der Waals surface area contributed by atoms with Gasteiger partial charge in [0.25, 0.3) is 5.91 Å². The van der Waals surface area contributed by atoms with Gasteiger partial charge in [0, 0.05) is 31.2 Å². The number of carbonyl (C=O) groups excluding carboxylic acids is 1. The first kappa shape index (κ1) is 16.5. The molecule has 0 aromatic carbocycles. The highest BCUT2D eigenvalue weighted by atomic mass is 35.5. The standard InChI is InChI=1S/C16H21ClN4OS/c1-10-3-11(2)7-21(6-10)8-13-9-23-16(19-13)20-15(22)14-4-12(17)5-18-14/h4-5,9-11,18H,3,6-8H2,1-2H3,(H,19,20,22). The fourth-order valence-electron chi connectivity index (χ4n) is 3.25. The van der Waals surface area contributed by atoms with E-state index in [2.05, 4.69) is 34.0 Å². The molecule has 23 heavy (non-hydrogen) atoms. The van der Waals surface area contributed by atoms with Gasteiger partial charge in [0.1, 0.15) is 5.69 Å². The van der Waals surface area contributed by atoms with Gasteiger partial charge < -0.3 is 4.98 Å². The number of aromatic amines is 1. The molecule has 2 aromatic heterocycles.